The van der Waals surface area contributed by atoms with Gasteiger partial charge in [-0.15, -0.1) is 0 Å². The van der Waals surface area contributed by atoms with Crippen molar-refractivity contribution in [3.05, 3.63) is 59.1 Å². The van der Waals surface area contributed by atoms with E-state index in [0.29, 0.717) is 23.9 Å². The molecule has 0 spiro atoms. The minimum absolute atomic E-state index is 0.188. The fraction of sp³-hybridized carbons (Fsp3) is 0.278. The van der Waals surface area contributed by atoms with Crippen LogP contribution in [-0.4, -0.2) is 18.6 Å². The molecule has 2 aromatic carbocycles. The molecule has 122 valence electrons. The van der Waals surface area contributed by atoms with Crippen molar-refractivity contribution < 1.29 is 14.3 Å². The van der Waals surface area contributed by atoms with Crippen LogP contribution in [0.5, 0.6) is 11.5 Å². The first-order valence-corrected chi connectivity index (χ1v) is 7.88. The van der Waals surface area contributed by atoms with Crippen LogP contribution in [0.2, 0.25) is 5.02 Å². The van der Waals surface area contributed by atoms with Crippen LogP contribution in [0.4, 0.5) is 0 Å². The molecule has 0 aliphatic carbocycles. The molecular weight excluding hydrogens is 314 g/mol. The summed E-state index contributed by atoms with van der Waals surface area (Å²) in [6, 6.07) is 14.6. The lowest BCUT2D eigenvalue weighted by atomic mass is 10.2. The maximum Gasteiger partial charge on any atom is 0.261 e. The Morgan fingerprint density at radius 3 is 2.65 bits per heavy atom. The van der Waals surface area contributed by atoms with Gasteiger partial charge in [0.25, 0.3) is 5.91 Å². The largest absolute Gasteiger partial charge is 0.494 e. The van der Waals surface area contributed by atoms with E-state index in [0.717, 1.165) is 11.3 Å². The highest BCUT2D eigenvalue weighted by atomic mass is 35.5. The second kappa shape index (κ2) is 8.44. The monoisotopic (exact) mass is 333 g/mol. The van der Waals surface area contributed by atoms with E-state index >= 15 is 0 Å². The molecule has 0 radical (unpaired) electrons. The summed E-state index contributed by atoms with van der Waals surface area (Å²) < 4.78 is 11.0. The van der Waals surface area contributed by atoms with Crippen LogP contribution in [-0.2, 0) is 11.3 Å². The zero-order valence-electron chi connectivity index (χ0n) is 13.2. The lowest BCUT2D eigenvalue weighted by Gasteiger charge is -2.15. The van der Waals surface area contributed by atoms with Crippen molar-refractivity contribution >= 4 is 17.5 Å². The second-order valence-electron chi connectivity index (χ2n) is 5.02. The standard InChI is InChI=1S/C18H20ClNO3/c1-3-22-16-8-4-6-14(10-16)12-20-18(21)13(2)23-17-9-5-7-15(19)11-17/h4-11,13H,3,12H2,1-2H3,(H,20,21). The molecular formula is C18H20ClNO3. The Morgan fingerprint density at radius 2 is 1.91 bits per heavy atom. The predicted octanol–water partition coefficient (Wildman–Crippen LogP) is 3.82. The minimum Gasteiger partial charge on any atom is -0.494 e. The van der Waals surface area contributed by atoms with E-state index in [2.05, 4.69) is 5.32 Å². The Balaban J connectivity index is 1.87. The zero-order chi connectivity index (χ0) is 16.7. The maximum absolute atomic E-state index is 12.1. The normalized spacial score (nSPS) is 11.6. The fourth-order valence-electron chi connectivity index (χ4n) is 2.04. The molecule has 4 nitrogen and oxygen atoms in total. The number of nitrogens with one attached hydrogen (secondary N) is 1. The number of amides is 1. The van der Waals surface area contributed by atoms with Gasteiger partial charge in [-0.25, -0.2) is 0 Å². The molecule has 0 aliphatic heterocycles. The number of hydrogen-bond acceptors (Lipinski definition) is 3. The highest BCUT2D eigenvalue weighted by Gasteiger charge is 2.14. The third-order valence-corrected chi connectivity index (χ3v) is 3.39. The van der Waals surface area contributed by atoms with Crippen LogP contribution >= 0.6 is 11.6 Å². The Kier molecular flexibility index (Phi) is 6.29. The van der Waals surface area contributed by atoms with Gasteiger partial charge < -0.3 is 14.8 Å². The molecule has 1 unspecified atom stereocenters. The van der Waals surface area contributed by atoms with Gasteiger partial charge in [0.2, 0.25) is 0 Å². The molecule has 0 bridgehead atoms. The van der Waals surface area contributed by atoms with Crippen molar-refractivity contribution in [1.29, 1.82) is 0 Å². The van der Waals surface area contributed by atoms with Crippen molar-refractivity contribution in [1.82, 2.24) is 5.32 Å². The second-order valence-corrected chi connectivity index (χ2v) is 5.45. The van der Waals surface area contributed by atoms with E-state index < -0.39 is 6.10 Å². The molecule has 1 N–H and O–H groups in total. The van der Waals surface area contributed by atoms with Gasteiger partial charge in [-0.3, -0.25) is 4.79 Å². The molecule has 0 fully saturated rings. The third-order valence-electron chi connectivity index (χ3n) is 3.15. The predicted molar refractivity (Wildman–Crippen MR) is 91.0 cm³/mol. The minimum atomic E-state index is -0.608. The number of benzene rings is 2. The van der Waals surface area contributed by atoms with Crippen molar-refractivity contribution in [2.24, 2.45) is 0 Å². The smallest absolute Gasteiger partial charge is 0.261 e. The van der Waals surface area contributed by atoms with E-state index in [4.69, 9.17) is 21.1 Å². The molecule has 2 aromatic rings. The topological polar surface area (TPSA) is 47.6 Å². The number of carbonyl (C=O) groups excluding carboxylic acids is 1. The Bertz CT molecular complexity index is 660. The van der Waals surface area contributed by atoms with Crippen molar-refractivity contribution in [2.45, 2.75) is 26.5 Å². The number of rotatable bonds is 7. The van der Waals surface area contributed by atoms with Gasteiger partial charge in [-0.05, 0) is 49.7 Å². The SMILES string of the molecule is CCOc1cccc(CNC(=O)C(C)Oc2cccc(Cl)c2)c1. The fourth-order valence-corrected chi connectivity index (χ4v) is 2.22. The quantitative estimate of drug-likeness (QED) is 0.837. The summed E-state index contributed by atoms with van der Waals surface area (Å²) in [4.78, 5) is 12.1. The van der Waals surface area contributed by atoms with Crippen molar-refractivity contribution in [3.8, 4) is 11.5 Å². The van der Waals surface area contributed by atoms with Gasteiger partial charge >= 0.3 is 0 Å². The highest BCUT2D eigenvalue weighted by Crippen LogP contribution is 2.18. The van der Waals surface area contributed by atoms with Gasteiger partial charge in [0.1, 0.15) is 11.5 Å². The van der Waals surface area contributed by atoms with Crippen LogP contribution in [0, 0.1) is 0 Å². The van der Waals surface area contributed by atoms with Gasteiger partial charge in [0, 0.05) is 11.6 Å². The molecule has 23 heavy (non-hydrogen) atoms. The molecule has 5 heteroatoms. The zero-order valence-corrected chi connectivity index (χ0v) is 14.0. The molecule has 0 heterocycles. The Morgan fingerprint density at radius 1 is 1.17 bits per heavy atom. The van der Waals surface area contributed by atoms with Gasteiger partial charge in [-0.1, -0.05) is 29.8 Å². The van der Waals surface area contributed by atoms with Crippen molar-refractivity contribution in [2.75, 3.05) is 6.61 Å². The van der Waals surface area contributed by atoms with Crippen LogP contribution in [0.25, 0.3) is 0 Å². The van der Waals surface area contributed by atoms with Gasteiger partial charge in [-0.2, -0.15) is 0 Å². The van der Waals surface area contributed by atoms with Gasteiger partial charge in [0.15, 0.2) is 6.10 Å². The number of halogens is 1. The Labute approximate surface area is 141 Å². The summed E-state index contributed by atoms with van der Waals surface area (Å²) >= 11 is 5.90. The van der Waals surface area contributed by atoms with Crippen LogP contribution in [0.1, 0.15) is 19.4 Å². The first-order chi connectivity index (χ1) is 11.1. The van der Waals surface area contributed by atoms with Gasteiger partial charge in [0.05, 0.1) is 6.61 Å². The first-order valence-electron chi connectivity index (χ1n) is 7.50. The average Bonchev–Trinajstić information content (AvgIpc) is 2.53. The summed E-state index contributed by atoms with van der Waals surface area (Å²) in [5.74, 6) is 1.17. The van der Waals surface area contributed by atoms with E-state index in [1.165, 1.54) is 0 Å². The van der Waals surface area contributed by atoms with E-state index in [1.54, 1.807) is 31.2 Å². The Hall–Kier alpha value is -2.20. The summed E-state index contributed by atoms with van der Waals surface area (Å²) in [6.45, 7) is 4.67. The molecule has 0 saturated heterocycles. The van der Waals surface area contributed by atoms with Crippen molar-refractivity contribution in [3.63, 3.8) is 0 Å². The molecule has 1 amide bonds. The third kappa shape index (κ3) is 5.49. The molecule has 0 aliphatic rings. The van der Waals surface area contributed by atoms with Crippen LogP contribution < -0.4 is 14.8 Å². The summed E-state index contributed by atoms with van der Waals surface area (Å²) in [5.41, 5.74) is 0.972. The summed E-state index contributed by atoms with van der Waals surface area (Å²) in [5, 5.41) is 3.42. The molecule has 0 saturated carbocycles. The number of hydrogen-bond donors (Lipinski definition) is 1. The van der Waals surface area contributed by atoms with E-state index in [-0.39, 0.29) is 5.91 Å². The van der Waals surface area contributed by atoms with E-state index in [1.807, 2.05) is 31.2 Å². The molecule has 2 rings (SSSR count). The lowest BCUT2D eigenvalue weighted by molar-refractivity contribution is -0.127. The van der Waals surface area contributed by atoms with Crippen LogP contribution in [0.15, 0.2) is 48.5 Å². The maximum atomic E-state index is 12.1. The first kappa shape index (κ1) is 17.2. The molecule has 0 aromatic heterocycles. The lowest BCUT2D eigenvalue weighted by Crippen LogP contribution is -2.35. The average molecular weight is 334 g/mol. The number of ether oxygens (including phenoxy) is 2. The summed E-state index contributed by atoms with van der Waals surface area (Å²) in [6.07, 6.45) is -0.608. The van der Waals surface area contributed by atoms with E-state index in [9.17, 15) is 4.79 Å². The highest BCUT2D eigenvalue weighted by molar-refractivity contribution is 6.30. The summed E-state index contributed by atoms with van der Waals surface area (Å²) in [7, 11) is 0. The number of carbonyl (C=O) groups is 1. The molecule has 1 atom stereocenters. The van der Waals surface area contributed by atoms with Crippen LogP contribution in [0.3, 0.4) is 0 Å².